The van der Waals surface area contributed by atoms with Crippen LogP contribution in [0, 0.1) is 0 Å². The summed E-state index contributed by atoms with van der Waals surface area (Å²) in [5.41, 5.74) is 0. The topological polar surface area (TPSA) is 35.5 Å². The van der Waals surface area contributed by atoms with Crippen LogP contribution in [0.3, 0.4) is 0 Å². The molecule has 0 rings (SSSR count). The van der Waals surface area contributed by atoms with Crippen molar-refractivity contribution in [3.63, 3.8) is 0 Å². The molecule has 0 spiro atoms. The molecule has 0 radical (unpaired) electrons. The van der Waals surface area contributed by atoms with E-state index in [0.29, 0.717) is 13.0 Å². The van der Waals surface area contributed by atoms with Crippen molar-refractivity contribution in [3.8, 4) is 0 Å². The third kappa shape index (κ3) is 18.0. The summed E-state index contributed by atoms with van der Waals surface area (Å²) in [5.74, 6) is -0.0729. The Bertz CT molecular complexity index is 340. The van der Waals surface area contributed by atoms with E-state index in [9.17, 15) is 4.79 Å². The summed E-state index contributed by atoms with van der Waals surface area (Å²) in [7, 11) is -1.37. The van der Waals surface area contributed by atoms with Crippen LogP contribution < -0.4 is 0 Å². The van der Waals surface area contributed by atoms with Gasteiger partial charge in [0, 0.05) is 13.0 Å². The molecule has 0 aliphatic carbocycles. The minimum atomic E-state index is -1.37. The lowest BCUT2D eigenvalue weighted by molar-refractivity contribution is -0.143. The number of esters is 1. The first-order chi connectivity index (χ1) is 12.0. The second-order valence-corrected chi connectivity index (χ2v) is 11.7. The largest absolute Gasteiger partial charge is 0.466 e. The van der Waals surface area contributed by atoms with Gasteiger partial charge in [0.1, 0.15) is 0 Å². The van der Waals surface area contributed by atoms with Gasteiger partial charge in [0.15, 0.2) is 8.32 Å². The van der Waals surface area contributed by atoms with Crippen LogP contribution >= 0.6 is 0 Å². The SMILES string of the molecule is CCCC[Si](C)(C)OCCCCCCCC=CCCCC(=O)OCC. The maximum Gasteiger partial charge on any atom is 0.305 e. The lowest BCUT2D eigenvalue weighted by Crippen LogP contribution is -2.30. The Labute approximate surface area is 157 Å². The molecule has 0 aromatic carbocycles. The first-order valence-electron chi connectivity index (χ1n) is 10.5. The summed E-state index contributed by atoms with van der Waals surface area (Å²) in [6, 6.07) is 1.30. The fourth-order valence-corrected chi connectivity index (χ4v) is 4.80. The molecule has 0 N–H and O–H groups in total. The molecular weight excluding hydrogens is 328 g/mol. The van der Waals surface area contributed by atoms with Crippen LogP contribution in [-0.2, 0) is 14.0 Å². The molecular formula is C21H42O3Si. The predicted octanol–water partition coefficient (Wildman–Crippen LogP) is 6.64. The van der Waals surface area contributed by atoms with E-state index >= 15 is 0 Å². The molecule has 0 bridgehead atoms. The number of ether oxygens (including phenoxy) is 1. The third-order valence-electron chi connectivity index (χ3n) is 4.36. The minimum absolute atomic E-state index is 0.0729. The Kier molecular flexibility index (Phi) is 16.4. The van der Waals surface area contributed by atoms with Gasteiger partial charge in [-0.15, -0.1) is 0 Å². The quantitative estimate of drug-likeness (QED) is 0.125. The first-order valence-corrected chi connectivity index (χ1v) is 13.6. The fraction of sp³-hybridized carbons (Fsp3) is 0.857. The average Bonchev–Trinajstić information content (AvgIpc) is 2.57. The van der Waals surface area contributed by atoms with Gasteiger partial charge in [0.2, 0.25) is 0 Å². The number of hydrogen-bond acceptors (Lipinski definition) is 3. The van der Waals surface area contributed by atoms with Crippen molar-refractivity contribution in [2.24, 2.45) is 0 Å². The smallest absolute Gasteiger partial charge is 0.305 e. The lowest BCUT2D eigenvalue weighted by atomic mass is 10.1. The van der Waals surface area contributed by atoms with Crippen molar-refractivity contribution in [2.45, 2.75) is 104 Å². The Balaban J connectivity index is 3.33. The van der Waals surface area contributed by atoms with E-state index < -0.39 is 8.32 Å². The monoisotopic (exact) mass is 370 g/mol. The maximum absolute atomic E-state index is 11.2. The first kappa shape index (κ1) is 24.4. The third-order valence-corrected chi connectivity index (χ3v) is 6.91. The highest BCUT2D eigenvalue weighted by molar-refractivity contribution is 6.71. The zero-order chi connectivity index (χ0) is 18.8. The van der Waals surface area contributed by atoms with Crippen molar-refractivity contribution in [1.29, 1.82) is 0 Å². The van der Waals surface area contributed by atoms with Crippen LogP contribution in [0.4, 0.5) is 0 Å². The number of carbonyl (C=O) groups is 1. The van der Waals surface area contributed by atoms with Crippen molar-refractivity contribution >= 4 is 14.3 Å². The molecule has 0 amide bonds. The van der Waals surface area contributed by atoms with E-state index in [1.807, 2.05) is 6.92 Å². The predicted molar refractivity (Wildman–Crippen MR) is 110 cm³/mol. The maximum atomic E-state index is 11.2. The summed E-state index contributed by atoms with van der Waals surface area (Å²) in [6.45, 7) is 10.2. The summed E-state index contributed by atoms with van der Waals surface area (Å²) in [6.07, 6.45) is 17.0. The lowest BCUT2D eigenvalue weighted by Gasteiger charge is -2.22. The summed E-state index contributed by atoms with van der Waals surface area (Å²) >= 11 is 0. The molecule has 25 heavy (non-hydrogen) atoms. The van der Waals surface area contributed by atoms with Crippen molar-refractivity contribution in [3.05, 3.63) is 12.2 Å². The van der Waals surface area contributed by atoms with Crippen molar-refractivity contribution in [2.75, 3.05) is 13.2 Å². The molecule has 0 aromatic rings. The molecule has 0 fully saturated rings. The van der Waals surface area contributed by atoms with Crippen molar-refractivity contribution < 1.29 is 14.0 Å². The van der Waals surface area contributed by atoms with Gasteiger partial charge in [0.05, 0.1) is 6.61 Å². The van der Waals surface area contributed by atoms with Gasteiger partial charge in [0.25, 0.3) is 0 Å². The summed E-state index contributed by atoms with van der Waals surface area (Å²) < 4.78 is 11.0. The van der Waals surface area contributed by atoms with Crippen LogP contribution in [0.5, 0.6) is 0 Å². The highest BCUT2D eigenvalue weighted by Crippen LogP contribution is 2.16. The molecule has 0 aliphatic rings. The van der Waals surface area contributed by atoms with E-state index in [-0.39, 0.29) is 5.97 Å². The van der Waals surface area contributed by atoms with Gasteiger partial charge >= 0.3 is 5.97 Å². The zero-order valence-corrected chi connectivity index (χ0v) is 18.3. The molecule has 0 heterocycles. The fourth-order valence-electron chi connectivity index (χ4n) is 2.75. The average molecular weight is 371 g/mol. The summed E-state index contributed by atoms with van der Waals surface area (Å²) in [4.78, 5) is 11.2. The van der Waals surface area contributed by atoms with Gasteiger partial charge in [-0.3, -0.25) is 4.79 Å². The number of unbranched alkanes of at least 4 members (excludes halogenated alkanes) is 7. The standard InChI is InChI=1S/C21H42O3Si/c1-5-7-20-25(3,4)24-19-17-15-13-11-9-8-10-12-14-16-18-21(22)23-6-2/h10,12H,5-9,11,13-20H2,1-4H3. The van der Waals surface area contributed by atoms with Gasteiger partial charge in [-0.25, -0.2) is 0 Å². The normalized spacial score (nSPS) is 12.0. The molecule has 0 atom stereocenters. The number of hydrogen-bond donors (Lipinski definition) is 0. The molecule has 4 heteroatoms. The molecule has 0 aromatic heterocycles. The second-order valence-electron chi connectivity index (χ2n) is 7.44. The van der Waals surface area contributed by atoms with Crippen molar-refractivity contribution in [1.82, 2.24) is 0 Å². The molecule has 0 aliphatic heterocycles. The van der Waals surface area contributed by atoms with Crippen LogP contribution in [0.1, 0.15) is 84.5 Å². The number of rotatable bonds is 17. The van der Waals surface area contributed by atoms with Gasteiger partial charge in [-0.05, 0) is 58.2 Å². The van der Waals surface area contributed by atoms with Crippen LogP contribution in [0.2, 0.25) is 19.1 Å². The minimum Gasteiger partial charge on any atom is -0.466 e. The van der Waals surface area contributed by atoms with E-state index in [2.05, 4.69) is 32.2 Å². The molecule has 0 unspecified atom stereocenters. The van der Waals surface area contributed by atoms with E-state index in [1.165, 1.54) is 51.0 Å². The number of allylic oxidation sites excluding steroid dienone is 2. The van der Waals surface area contributed by atoms with Gasteiger partial charge in [-0.2, -0.15) is 0 Å². The molecule has 0 saturated heterocycles. The Hall–Kier alpha value is -0.613. The highest BCUT2D eigenvalue weighted by Gasteiger charge is 2.20. The number of carbonyl (C=O) groups excluding carboxylic acids is 1. The van der Waals surface area contributed by atoms with Crippen LogP contribution in [-0.4, -0.2) is 27.5 Å². The zero-order valence-electron chi connectivity index (χ0n) is 17.3. The van der Waals surface area contributed by atoms with Gasteiger partial charge in [-0.1, -0.05) is 51.2 Å². The van der Waals surface area contributed by atoms with Gasteiger partial charge < -0.3 is 9.16 Å². The van der Waals surface area contributed by atoms with Crippen LogP contribution in [0.15, 0.2) is 12.2 Å². The summed E-state index contributed by atoms with van der Waals surface area (Å²) in [5, 5.41) is 0. The van der Waals surface area contributed by atoms with E-state index in [0.717, 1.165) is 25.9 Å². The van der Waals surface area contributed by atoms with E-state index in [4.69, 9.17) is 9.16 Å². The van der Waals surface area contributed by atoms with Crippen LogP contribution in [0.25, 0.3) is 0 Å². The highest BCUT2D eigenvalue weighted by atomic mass is 28.4. The second kappa shape index (κ2) is 16.8. The Morgan fingerprint density at radius 2 is 1.52 bits per heavy atom. The molecule has 148 valence electrons. The molecule has 3 nitrogen and oxygen atoms in total. The van der Waals surface area contributed by atoms with E-state index in [1.54, 1.807) is 0 Å². The Morgan fingerprint density at radius 1 is 0.880 bits per heavy atom. The Morgan fingerprint density at radius 3 is 2.20 bits per heavy atom. The molecule has 0 saturated carbocycles.